The maximum atomic E-state index is 13.2. The highest BCUT2D eigenvalue weighted by molar-refractivity contribution is 6.33. The van der Waals surface area contributed by atoms with Crippen LogP contribution in [-0.2, 0) is 11.2 Å². The molecule has 0 bridgehead atoms. The second-order valence-electron chi connectivity index (χ2n) is 8.59. The summed E-state index contributed by atoms with van der Waals surface area (Å²) >= 11 is 6.30. The molecule has 2 aliphatic heterocycles. The molecule has 1 aromatic carbocycles. The molecule has 0 unspecified atom stereocenters. The number of fused-ring (bicyclic) bond motifs is 1. The number of halogens is 1. The first-order chi connectivity index (χ1) is 16.5. The number of aromatic nitrogens is 2. The molecule has 2 aliphatic rings. The smallest absolute Gasteiger partial charge is 0.255 e. The fourth-order valence-electron chi connectivity index (χ4n) is 4.51. The molecule has 10 nitrogen and oxygen atoms in total. The van der Waals surface area contributed by atoms with Crippen LogP contribution in [0.5, 0.6) is 5.75 Å². The maximum Gasteiger partial charge on any atom is 0.255 e. The number of piperidine rings is 1. The number of anilines is 2. The predicted octanol–water partition coefficient (Wildman–Crippen LogP) is 1.65. The van der Waals surface area contributed by atoms with E-state index >= 15 is 0 Å². The maximum absolute atomic E-state index is 13.2. The van der Waals surface area contributed by atoms with Crippen molar-refractivity contribution in [1.29, 1.82) is 0 Å². The van der Waals surface area contributed by atoms with Crippen molar-refractivity contribution < 1.29 is 14.3 Å². The van der Waals surface area contributed by atoms with Gasteiger partial charge in [-0.15, -0.1) is 0 Å². The van der Waals surface area contributed by atoms with Crippen molar-refractivity contribution in [3.8, 4) is 5.75 Å². The molecule has 1 saturated heterocycles. The molecule has 2 aromatic rings. The molecule has 1 aromatic heterocycles. The number of carbonyl (C=O) groups is 1. The number of hydrogen-bond acceptors (Lipinski definition) is 8. The molecule has 2 atom stereocenters. The van der Waals surface area contributed by atoms with Gasteiger partial charge >= 0.3 is 0 Å². The summed E-state index contributed by atoms with van der Waals surface area (Å²) in [5, 5.41) is 6.62. The Bertz CT molecular complexity index is 1080. The number of ether oxygens (including phenoxy) is 2. The minimum absolute atomic E-state index is 0.124. The zero-order chi connectivity index (χ0) is 24.1. The van der Waals surface area contributed by atoms with Gasteiger partial charge in [0.1, 0.15) is 5.75 Å². The van der Waals surface area contributed by atoms with E-state index in [1.54, 1.807) is 13.2 Å². The summed E-state index contributed by atoms with van der Waals surface area (Å²) in [4.78, 5) is 33.5. The molecular weight excluding hydrogens is 460 g/mol. The van der Waals surface area contributed by atoms with Crippen LogP contribution >= 0.6 is 11.6 Å². The van der Waals surface area contributed by atoms with Crippen LogP contribution in [0.25, 0.3) is 0 Å². The largest absolute Gasteiger partial charge is 0.492 e. The highest BCUT2D eigenvalue weighted by atomic mass is 35.5. The van der Waals surface area contributed by atoms with Crippen molar-refractivity contribution in [2.45, 2.75) is 37.8 Å². The van der Waals surface area contributed by atoms with Gasteiger partial charge in [0.25, 0.3) is 11.5 Å². The third-order valence-corrected chi connectivity index (χ3v) is 6.62. The molecule has 3 heterocycles. The van der Waals surface area contributed by atoms with E-state index < -0.39 is 0 Å². The lowest BCUT2D eigenvalue weighted by atomic mass is 9.98. The van der Waals surface area contributed by atoms with E-state index in [1.165, 1.54) is 12.3 Å². The van der Waals surface area contributed by atoms with Gasteiger partial charge in [0, 0.05) is 44.6 Å². The monoisotopic (exact) mass is 490 g/mol. The van der Waals surface area contributed by atoms with Gasteiger partial charge in [-0.2, -0.15) is 0 Å². The number of aromatic amines is 1. The number of nitrogens with one attached hydrogen (secondary N) is 3. The Kier molecular flexibility index (Phi) is 7.91. The number of nitrogens with zero attached hydrogens (tertiary/aromatic N) is 2. The van der Waals surface area contributed by atoms with Crippen LogP contribution in [-0.4, -0.2) is 72.8 Å². The Morgan fingerprint density at radius 3 is 3.12 bits per heavy atom. The lowest BCUT2D eigenvalue weighted by Gasteiger charge is -2.38. The topological polar surface area (TPSA) is 135 Å². The average molecular weight is 491 g/mol. The molecule has 0 saturated carbocycles. The van der Waals surface area contributed by atoms with E-state index in [1.807, 2.05) is 0 Å². The zero-order valence-corrected chi connectivity index (χ0v) is 20.0. The molecule has 1 fully saturated rings. The number of methoxy groups -OCH3 is 1. The number of amides is 1. The number of hydrogen-bond donors (Lipinski definition) is 4. The number of likely N-dealkylation sites (tertiary alicyclic amines) is 1. The van der Waals surface area contributed by atoms with Gasteiger partial charge in [0.2, 0.25) is 5.95 Å². The molecule has 4 rings (SSSR count). The van der Waals surface area contributed by atoms with Crippen LogP contribution in [0.2, 0.25) is 5.02 Å². The highest BCUT2D eigenvalue weighted by Gasteiger charge is 2.32. The van der Waals surface area contributed by atoms with Crippen LogP contribution in [0.1, 0.15) is 35.2 Å². The van der Waals surface area contributed by atoms with Crippen LogP contribution in [0, 0.1) is 0 Å². The standard InChI is InChI=1S/C23H31ClN6O4/c1-33-18-13-30(9-3-7-26-23-27-8-5-19(31)29-23)10-6-17(18)28-22(32)15-12-16(24)20(25)14-4-2-11-34-21(14)15/h5,8,12,17-18H,2-4,6-7,9-11,13,25H2,1H3,(H,28,32)(H2,26,27,29,31)/t17-,18+/m0/s1. The normalized spacial score (nSPS) is 20.3. The first-order valence-electron chi connectivity index (χ1n) is 11.5. The SMILES string of the molecule is CO[C@@H]1CN(CCCNc2nccc(=O)[nH]2)CC[C@@H]1NC(=O)c1cc(Cl)c(N)c2c1OCCC2. The third kappa shape index (κ3) is 5.63. The van der Waals surface area contributed by atoms with Gasteiger partial charge in [-0.25, -0.2) is 4.98 Å². The van der Waals surface area contributed by atoms with E-state index in [0.717, 1.165) is 44.3 Å². The molecule has 0 aliphatic carbocycles. The number of carbonyl (C=O) groups excluding carboxylic acids is 1. The molecular formula is C23H31ClN6O4. The number of H-pyrrole nitrogens is 1. The molecule has 0 radical (unpaired) electrons. The fourth-order valence-corrected chi connectivity index (χ4v) is 4.73. The third-order valence-electron chi connectivity index (χ3n) is 6.31. The Morgan fingerprint density at radius 2 is 2.32 bits per heavy atom. The van der Waals surface area contributed by atoms with Gasteiger partial charge in [-0.3, -0.25) is 14.6 Å². The number of nitrogen functional groups attached to an aromatic ring is 1. The number of rotatable bonds is 8. The predicted molar refractivity (Wildman–Crippen MR) is 131 cm³/mol. The summed E-state index contributed by atoms with van der Waals surface area (Å²) in [5.41, 5.74) is 7.65. The highest BCUT2D eigenvalue weighted by Crippen LogP contribution is 2.38. The van der Waals surface area contributed by atoms with Crippen molar-refractivity contribution in [1.82, 2.24) is 20.2 Å². The Hall–Kier alpha value is -2.82. The van der Waals surface area contributed by atoms with E-state index in [4.69, 9.17) is 26.8 Å². The first-order valence-corrected chi connectivity index (χ1v) is 11.9. The van der Waals surface area contributed by atoms with Crippen LogP contribution in [0.4, 0.5) is 11.6 Å². The Balaban J connectivity index is 1.31. The quantitative estimate of drug-likeness (QED) is 0.324. The van der Waals surface area contributed by atoms with Gasteiger partial charge in [-0.05, 0) is 38.3 Å². The van der Waals surface area contributed by atoms with Gasteiger partial charge in [0.15, 0.2) is 0 Å². The Morgan fingerprint density at radius 1 is 1.47 bits per heavy atom. The van der Waals surface area contributed by atoms with Crippen molar-refractivity contribution >= 4 is 29.1 Å². The van der Waals surface area contributed by atoms with E-state index in [-0.39, 0.29) is 23.6 Å². The van der Waals surface area contributed by atoms with Crippen LogP contribution in [0.3, 0.4) is 0 Å². The minimum atomic E-state index is -0.228. The van der Waals surface area contributed by atoms with Crippen molar-refractivity contribution in [2.24, 2.45) is 0 Å². The van der Waals surface area contributed by atoms with Crippen molar-refractivity contribution in [2.75, 3.05) is 50.9 Å². The summed E-state index contributed by atoms with van der Waals surface area (Å²) in [5.74, 6) is 0.783. The van der Waals surface area contributed by atoms with Gasteiger partial charge in [-0.1, -0.05) is 11.6 Å². The average Bonchev–Trinajstić information content (AvgIpc) is 2.84. The van der Waals surface area contributed by atoms with E-state index in [2.05, 4.69) is 25.5 Å². The van der Waals surface area contributed by atoms with Gasteiger partial charge in [0.05, 0.1) is 35.0 Å². The second-order valence-corrected chi connectivity index (χ2v) is 8.99. The number of benzene rings is 1. The lowest BCUT2D eigenvalue weighted by molar-refractivity contribution is 0.00636. The summed E-state index contributed by atoms with van der Waals surface area (Å²) < 4.78 is 11.5. The molecule has 34 heavy (non-hydrogen) atoms. The molecule has 5 N–H and O–H groups in total. The lowest BCUT2D eigenvalue weighted by Crippen LogP contribution is -2.55. The van der Waals surface area contributed by atoms with E-state index in [9.17, 15) is 9.59 Å². The number of nitrogens with two attached hydrogens (primary N) is 1. The van der Waals surface area contributed by atoms with Crippen molar-refractivity contribution in [3.63, 3.8) is 0 Å². The zero-order valence-electron chi connectivity index (χ0n) is 19.2. The minimum Gasteiger partial charge on any atom is -0.492 e. The van der Waals surface area contributed by atoms with Gasteiger partial charge < -0.3 is 30.7 Å². The summed E-state index contributed by atoms with van der Waals surface area (Å²) in [6, 6.07) is 2.85. The first kappa shape index (κ1) is 24.3. The summed E-state index contributed by atoms with van der Waals surface area (Å²) in [6.07, 6.45) is 4.56. The molecule has 11 heteroatoms. The molecule has 1 amide bonds. The summed E-state index contributed by atoms with van der Waals surface area (Å²) in [6.45, 7) is 3.64. The van der Waals surface area contributed by atoms with Crippen LogP contribution < -0.4 is 26.7 Å². The second kappa shape index (κ2) is 11.1. The molecule has 184 valence electrons. The van der Waals surface area contributed by atoms with Crippen molar-refractivity contribution in [3.05, 3.63) is 44.8 Å². The van der Waals surface area contributed by atoms with E-state index in [0.29, 0.717) is 47.7 Å². The summed E-state index contributed by atoms with van der Waals surface area (Å²) in [7, 11) is 1.66. The molecule has 0 spiro atoms. The van der Waals surface area contributed by atoms with Crippen LogP contribution in [0.15, 0.2) is 23.1 Å². The Labute approximate surface area is 203 Å². The fraction of sp³-hybridized carbons (Fsp3) is 0.522.